The van der Waals surface area contributed by atoms with Crippen LogP contribution in [0.3, 0.4) is 0 Å². The first-order valence-electron chi connectivity index (χ1n) is 8.54. The summed E-state index contributed by atoms with van der Waals surface area (Å²) >= 11 is 1.42. The molecule has 10 heteroatoms. The monoisotopic (exact) mass is 422 g/mol. The fourth-order valence-electron chi connectivity index (χ4n) is 3.12. The van der Waals surface area contributed by atoms with Gasteiger partial charge in [0.25, 0.3) is 5.69 Å². The highest BCUT2D eigenvalue weighted by atomic mass is 32.2. The molecule has 0 saturated carbocycles. The normalized spacial score (nSPS) is 16.3. The van der Waals surface area contributed by atoms with Gasteiger partial charge in [-0.2, -0.15) is 0 Å². The van der Waals surface area contributed by atoms with Gasteiger partial charge in [-0.05, 0) is 12.5 Å². The minimum atomic E-state index is -0.880. The van der Waals surface area contributed by atoms with E-state index in [4.69, 9.17) is 14.2 Å². The van der Waals surface area contributed by atoms with E-state index >= 15 is 0 Å². The lowest BCUT2D eigenvalue weighted by Crippen LogP contribution is -2.33. The van der Waals surface area contributed by atoms with Crippen LogP contribution >= 0.6 is 11.8 Å². The standard InChI is InChI=1S/C19H22N2O7S/c1-11-15(18(22)27-3)16(12-6-5-7-13(8-12)21(24)25)17(19(23)28-4)14(20-11)9-29-10-26-2/h5-8,16,20H,9-10H2,1-4H3. The molecule has 0 aliphatic carbocycles. The Hall–Kier alpha value is -2.85. The average Bonchev–Trinajstić information content (AvgIpc) is 2.72. The highest BCUT2D eigenvalue weighted by Crippen LogP contribution is 2.40. The molecule has 0 saturated heterocycles. The highest BCUT2D eigenvalue weighted by Gasteiger charge is 2.39. The zero-order valence-electron chi connectivity index (χ0n) is 16.5. The van der Waals surface area contributed by atoms with E-state index in [1.165, 1.54) is 44.2 Å². The third-order valence-corrected chi connectivity index (χ3v) is 5.21. The number of non-ortho nitro benzene ring substituents is 1. The van der Waals surface area contributed by atoms with Crippen LogP contribution in [0.2, 0.25) is 0 Å². The number of carbonyl (C=O) groups excluding carboxylic acids is 2. The number of benzene rings is 1. The molecule has 9 nitrogen and oxygen atoms in total. The van der Waals surface area contributed by atoms with Gasteiger partial charge in [-0.15, -0.1) is 11.8 Å². The van der Waals surface area contributed by atoms with Gasteiger partial charge >= 0.3 is 11.9 Å². The molecule has 1 unspecified atom stereocenters. The van der Waals surface area contributed by atoms with Gasteiger partial charge in [0.05, 0.1) is 42.1 Å². The number of rotatable bonds is 8. The number of hydrogen-bond donors (Lipinski definition) is 1. The van der Waals surface area contributed by atoms with Crippen LogP contribution in [0.5, 0.6) is 0 Å². The molecular formula is C19H22N2O7S. The van der Waals surface area contributed by atoms with E-state index in [1.807, 2.05) is 0 Å². The Kier molecular flexibility index (Phi) is 7.80. The van der Waals surface area contributed by atoms with Crippen molar-refractivity contribution in [3.05, 3.63) is 62.5 Å². The van der Waals surface area contributed by atoms with Gasteiger partial charge in [0, 0.05) is 36.4 Å². The van der Waals surface area contributed by atoms with Crippen molar-refractivity contribution < 1.29 is 28.7 Å². The van der Waals surface area contributed by atoms with Crippen molar-refractivity contribution in [1.82, 2.24) is 5.32 Å². The number of methoxy groups -OCH3 is 3. The van der Waals surface area contributed by atoms with Gasteiger partial charge in [-0.3, -0.25) is 10.1 Å². The molecule has 1 aromatic rings. The molecular weight excluding hydrogens is 400 g/mol. The van der Waals surface area contributed by atoms with Crippen LogP contribution in [0.15, 0.2) is 46.8 Å². The molecule has 2 rings (SSSR count). The lowest BCUT2D eigenvalue weighted by Gasteiger charge is -2.31. The number of esters is 2. The van der Waals surface area contributed by atoms with Crippen molar-refractivity contribution in [2.75, 3.05) is 33.0 Å². The lowest BCUT2D eigenvalue weighted by molar-refractivity contribution is -0.384. The second kappa shape index (κ2) is 10.1. The van der Waals surface area contributed by atoms with Crippen LogP contribution in [0, 0.1) is 10.1 Å². The predicted molar refractivity (Wildman–Crippen MR) is 107 cm³/mol. The molecule has 1 N–H and O–H groups in total. The van der Waals surface area contributed by atoms with Gasteiger partial charge < -0.3 is 19.5 Å². The number of nitrogens with one attached hydrogen (secondary N) is 1. The summed E-state index contributed by atoms with van der Waals surface area (Å²) in [7, 11) is 4.03. The Bertz CT molecular complexity index is 879. The Labute approximate surface area is 172 Å². The van der Waals surface area contributed by atoms with Crippen LogP contribution in [0.4, 0.5) is 5.69 Å². The first kappa shape index (κ1) is 22.4. The minimum absolute atomic E-state index is 0.151. The molecule has 0 bridgehead atoms. The largest absolute Gasteiger partial charge is 0.466 e. The zero-order chi connectivity index (χ0) is 21.6. The molecule has 1 aliphatic heterocycles. The van der Waals surface area contributed by atoms with E-state index < -0.39 is 22.8 Å². The van der Waals surface area contributed by atoms with Crippen LogP contribution in [0.1, 0.15) is 18.4 Å². The SMILES string of the molecule is COCSCC1=C(C(=O)OC)C(c2cccc([N+](=O)[O-])c2)C(C(=O)OC)=C(C)N1. The Morgan fingerprint density at radius 3 is 2.41 bits per heavy atom. The fourth-order valence-corrected chi connectivity index (χ4v) is 3.80. The molecule has 0 radical (unpaired) electrons. The Balaban J connectivity index is 2.70. The van der Waals surface area contributed by atoms with Crippen LogP contribution in [-0.4, -0.2) is 49.9 Å². The van der Waals surface area contributed by atoms with Crippen molar-refractivity contribution in [3.63, 3.8) is 0 Å². The maximum Gasteiger partial charge on any atom is 0.336 e. The Morgan fingerprint density at radius 2 is 1.83 bits per heavy atom. The molecule has 0 amide bonds. The zero-order valence-corrected chi connectivity index (χ0v) is 17.3. The number of nitrogens with zero attached hydrogens (tertiary/aromatic N) is 1. The summed E-state index contributed by atoms with van der Waals surface area (Å²) in [6.45, 7) is 1.69. The van der Waals surface area contributed by atoms with Crippen molar-refractivity contribution >= 4 is 29.4 Å². The number of carbonyl (C=O) groups is 2. The summed E-state index contributed by atoms with van der Waals surface area (Å²) in [5.74, 6) is -1.38. The molecule has 156 valence electrons. The van der Waals surface area contributed by atoms with Gasteiger partial charge in [0.2, 0.25) is 0 Å². The lowest BCUT2D eigenvalue weighted by atomic mass is 9.80. The van der Waals surface area contributed by atoms with E-state index in [-0.39, 0.29) is 16.8 Å². The van der Waals surface area contributed by atoms with Gasteiger partial charge in [0.1, 0.15) is 0 Å². The van der Waals surface area contributed by atoms with Crippen molar-refractivity contribution in [1.29, 1.82) is 0 Å². The number of nitro groups is 1. The minimum Gasteiger partial charge on any atom is -0.466 e. The molecule has 29 heavy (non-hydrogen) atoms. The average molecular weight is 422 g/mol. The predicted octanol–water partition coefficient (Wildman–Crippen LogP) is 2.49. The summed E-state index contributed by atoms with van der Waals surface area (Å²) in [6.07, 6.45) is 0. The first-order valence-corrected chi connectivity index (χ1v) is 9.69. The van der Waals surface area contributed by atoms with Crippen LogP contribution in [-0.2, 0) is 23.8 Å². The maximum absolute atomic E-state index is 12.7. The van der Waals surface area contributed by atoms with Crippen LogP contribution < -0.4 is 5.32 Å². The second-order valence-corrected chi connectivity index (χ2v) is 7.01. The van der Waals surface area contributed by atoms with Crippen molar-refractivity contribution in [2.24, 2.45) is 0 Å². The molecule has 0 fully saturated rings. The smallest absolute Gasteiger partial charge is 0.336 e. The molecule has 1 aliphatic rings. The van der Waals surface area contributed by atoms with E-state index in [0.29, 0.717) is 28.6 Å². The number of thioether (sulfide) groups is 1. The summed E-state index contributed by atoms with van der Waals surface area (Å²) in [5.41, 5.74) is 1.68. The summed E-state index contributed by atoms with van der Waals surface area (Å²) < 4.78 is 14.9. The number of allylic oxidation sites excluding steroid dienone is 1. The van der Waals surface area contributed by atoms with Gasteiger partial charge in [-0.25, -0.2) is 9.59 Å². The van der Waals surface area contributed by atoms with E-state index in [9.17, 15) is 19.7 Å². The third kappa shape index (κ3) is 4.96. The van der Waals surface area contributed by atoms with E-state index in [0.717, 1.165) is 0 Å². The molecule has 1 heterocycles. The quantitative estimate of drug-likeness (QED) is 0.222. The molecule has 1 aromatic carbocycles. The Morgan fingerprint density at radius 1 is 1.17 bits per heavy atom. The topological polar surface area (TPSA) is 117 Å². The number of nitro benzene ring substituents is 1. The first-order chi connectivity index (χ1) is 13.8. The number of ether oxygens (including phenoxy) is 3. The van der Waals surface area contributed by atoms with Crippen molar-refractivity contribution in [2.45, 2.75) is 12.8 Å². The van der Waals surface area contributed by atoms with Gasteiger partial charge in [0.15, 0.2) is 0 Å². The van der Waals surface area contributed by atoms with Crippen LogP contribution in [0.25, 0.3) is 0 Å². The number of dihydropyridines is 1. The third-order valence-electron chi connectivity index (χ3n) is 4.32. The summed E-state index contributed by atoms with van der Waals surface area (Å²) in [4.78, 5) is 36.0. The van der Waals surface area contributed by atoms with E-state index in [2.05, 4.69) is 5.32 Å². The van der Waals surface area contributed by atoms with Crippen molar-refractivity contribution in [3.8, 4) is 0 Å². The maximum atomic E-state index is 12.7. The summed E-state index contributed by atoms with van der Waals surface area (Å²) in [5, 5.41) is 14.3. The number of hydrogen-bond acceptors (Lipinski definition) is 9. The molecule has 1 atom stereocenters. The highest BCUT2D eigenvalue weighted by molar-refractivity contribution is 7.99. The van der Waals surface area contributed by atoms with Gasteiger partial charge in [-0.1, -0.05) is 12.1 Å². The molecule has 0 spiro atoms. The fraction of sp³-hybridized carbons (Fsp3) is 0.368. The molecule has 0 aromatic heterocycles. The van der Waals surface area contributed by atoms with E-state index in [1.54, 1.807) is 20.1 Å². The summed E-state index contributed by atoms with van der Waals surface area (Å²) in [6, 6.07) is 5.82. The second-order valence-electron chi connectivity index (χ2n) is 6.08.